The molecule has 0 spiro atoms. The molecule has 186 valence electrons. The Bertz CT molecular complexity index is 875. The second kappa shape index (κ2) is 12.8. The van der Waals surface area contributed by atoms with Crippen LogP contribution in [0.4, 0.5) is 4.39 Å². The van der Waals surface area contributed by atoms with Crippen LogP contribution in [0.5, 0.6) is 5.75 Å². The minimum atomic E-state index is -0.676. The zero-order valence-electron chi connectivity index (χ0n) is 20.5. The third kappa shape index (κ3) is 7.52. The lowest BCUT2D eigenvalue weighted by Crippen LogP contribution is -2.40. The van der Waals surface area contributed by atoms with Gasteiger partial charge in [-0.15, -0.1) is 0 Å². The average molecular weight is 473 g/mol. The number of benzene rings is 2. The molecule has 2 aromatic carbocycles. The van der Waals surface area contributed by atoms with Crippen molar-refractivity contribution in [3.8, 4) is 5.75 Å². The number of likely N-dealkylation sites (tertiary alicyclic amines) is 1. The fraction of sp³-hybridized carbons (Fsp3) is 0.519. The van der Waals surface area contributed by atoms with E-state index in [0.29, 0.717) is 13.2 Å². The number of rotatable bonds is 7. The summed E-state index contributed by atoms with van der Waals surface area (Å²) >= 11 is 0. The van der Waals surface area contributed by atoms with Crippen molar-refractivity contribution in [2.75, 3.05) is 39.9 Å². The van der Waals surface area contributed by atoms with Gasteiger partial charge >= 0.3 is 0 Å². The van der Waals surface area contributed by atoms with Crippen LogP contribution < -0.4 is 10.1 Å². The molecule has 0 aromatic heterocycles. The Morgan fingerprint density at radius 2 is 1.71 bits per heavy atom. The number of hydrogen-bond acceptors (Lipinski definition) is 5. The molecule has 2 heterocycles. The van der Waals surface area contributed by atoms with Gasteiger partial charge in [0.2, 0.25) is 5.91 Å². The van der Waals surface area contributed by atoms with Gasteiger partial charge in [-0.05, 0) is 51.2 Å². The van der Waals surface area contributed by atoms with Gasteiger partial charge in [-0.25, -0.2) is 4.39 Å². The molecule has 7 heteroatoms. The number of aryl methyl sites for hydroxylation is 1. The molecule has 1 N–H and O–H groups in total. The zero-order chi connectivity index (χ0) is 24.4. The Morgan fingerprint density at radius 3 is 2.26 bits per heavy atom. The number of halogens is 1. The first kappa shape index (κ1) is 26.1. The van der Waals surface area contributed by atoms with Gasteiger partial charge < -0.3 is 24.4 Å². The van der Waals surface area contributed by atoms with Crippen LogP contribution in [0.25, 0.3) is 0 Å². The topological polar surface area (TPSA) is 60.0 Å². The summed E-state index contributed by atoms with van der Waals surface area (Å²) < 4.78 is 30.3. The molecule has 2 aliphatic heterocycles. The van der Waals surface area contributed by atoms with E-state index in [0.717, 1.165) is 56.6 Å². The van der Waals surface area contributed by atoms with E-state index in [1.807, 2.05) is 24.1 Å². The molecule has 0 aliphatic carbocycles. The SMILES string of the molecule is CC(=O)N1CCC(Oc2ccc(C)cc2)CC1.CNCCCC1(c2ccc(F)cc2)OCCO1. The molecule has 2 saturated heterocycles. The van der Waals surface area contributed by atoms with Crippen LogP contribution in [0.3, 0.4) is 0 Å². The summed E-state index contributed by atoms with van der Waals surface area (Å²) in [6.45, 7) is 7.41. The van der Waals surface area contributed by atoms with Crippen molar-refractivity contribution in [3.05, 3.63) is 65.5 Å². The molecule has 2 fully saturated rings. The van der Waals surface area contributed by atoms with Gasteiger partial charge in [-0.2, -0.15) is 0 Å². The Hall–Kier alpha value is -2.48. The molecule has 2 aromatic rings. The summed E-state index contributed by atoms with van der Waals surface area (Å²) in [7, 11) is 1.92. The molecule has 0 atom stereocenters. The van der Waals surface area contributed by atoms with Crippen LogP contribution in [0, 0.1) is 12.7 Å². The second-order valence-electron chi connectivity index (χ2n) is 8.80. The summed E-state index contributed by atoms with van der Waals surface area (Å²) in [5, 5.41) is 3.10. The van der Waals surface area contributed by atoms with E-state index in [4.69, 9.17) is 14.2 Å². The molecule has 0 bridgehead atoms. The summed E-state index contributed by atoms with van der Waals surface area (Å²) in [4.78, 5) is 13.1. The van der Waals surface area contributed by atoms with Crippen LogP contribution in [0.15, 0.2) is 48.5 Å². The maximum absolute atomic E-state index is 12.9. The van der Waals surface area contributed by atoms with Gasteiger partial charge in [0.1, 0.15) is 17.7 Å². The smallest absolute Gasteiger partial charge is 0.219 e. The minimum absolute atomic E-state index is 0.166. The van der Waals surface area contributed by atoms with Crippen molar-refractivity contribution in [2.45, 2.75) is 51.4 Å². The fourth-order valence-corrected chi connectivity index (χ4v) is 4.21. The predicted octanol–water partition coefficient (Wildman–Crippen LogP) is 4.41. The number of hydrogen-bond donors (Lipinski definition) is 1. The van der Waals surface area contributed by atoms with Crippen LogP contribution in [0.2, 0.25) is 0 Å². The normalized spacial score (nSPS) is 17.7. The molecular weight excluding hydrogens is 435 g/mol. The van der Waals surface area contributed by atoms with Crippen LogP contribution in [-0.4, -0.2) is 56.8 Å². The molecule has 0 unspecified atom stereocenters. The van der Waals surface area contributed by atoms with E-state index in [1.165, 1.54) is 17.7 Å². The third-order valence-electron chi connectivity index (χ3n) is 6.18. The summed E-state index contributed by atoms with van der Waals surface area (Å²) in [6, 6.07) is 14.5. The van der Waals surface area contributed by atoms with E-state index >= 15 is 0 Å². The Kier molecular flexibility index (Phi) is 9.86. The van der Waals surface area contributed by atoms with Crippen molar-refractivity contribution < 1.29 is 23.4 Å². The van der Waals surface area contributed by atoms with E-state index < -0.39 is 5.79 Å². The van der Waals surface area contributed by atoms with Crippen molar-refractivity contribution in [1.29, 1.82) is 0 Å². The lowest BCUT2D eigenvalue weighted by molar-refractivity contribution is -0.171. The van der Waals surface area contributed by atoms with E-state index in [-0.39, 0.29) is 17.8 Å². The Morgan fingerprint density at radius 1 is 1.09 bits per heavy atom. The monoisotopic (exact) mass is 472 g/mol. The largest absolute Gasteiger partial charge is 0.490 e. The lowest BCUT2D eigenvalue weighted by atomic mass is 10.0. The highest BCUT2D eigenvalue weighted by molar-refractivity contribution is 5.73. The number of nitrogens with zero attached hydrogens (tertiary/aromatic N) is 1. The van der Waals surface area contributed by atoms with E-state index in [1.54, 1.807) is 19.1 Å². The third-order valence-corrected chi connectivity index (χ3v) is 6.18. The Balaban J connectivity index is 0.000000191. The van der Waals surface area contributed by atoms with Gasteiger partial charge in [0, 0.05) is 44.8 Å². The zero-order valence-corrected chi connectivity index (χ0v) is 20.5. The van der Waals surface area contributed by atoms with Crippen LogP contribution >= 0.6 is 0 Å². The number of piperidine rings is 1. The molecule has 2 aliphatic rings. The fourth-order valence-electron chi connectivity index (χ4n) is 4.21. The first-order valence-corrected chi connectivity index (χ1v) is 12.1. The minimum Gasteiger partial charge on any atom is -0.490 e. The first-order chi connectivity index (χ1) is 16.4. The Labute approximate surface area is 202 Å². The van der Waals surface area contributed by atoms with Crippen molar-refractivity contribution in [2.24, 2.45) is 0 Å². The van der Waals surface area contributed by atoms with Crippen molar-refractivity contribution in [1.82, 2.24) is 10.2 Å². The second-order valence-corrected chi connectivity index (χ2v) is 8.80. The highest BCUT2D eigenvalue weighted by atomic mass is 19.1. The molecule has 4 rings (SSSR count). The van der Waals surface area contributed by atoms with Crippen molar-refractivity contribution in [3.63, 3.8) is 0 Å². The number of carbonyl (C=O) groups is 1. The highest BCUT2D eigenvalue weighted by Crippen LogP contribution is 2.35. The van der Waals surface area contributed by atoms with Crippen LogP contribution in [-0.2, 0) is 20.1 Å². The number of nitrogens with one attached hydrogen (secondary N) is 1. The predicted molar refractivity (Wildman–Crippen MR) is 130 cm³/mol. The van der Waals surface area contributed by atoms with Crippen LogP contribution in [0.1, 0.15) is 43.7 Å². The van der Waals surface area contributed by atoms with Gasteiger partial charge in [-0.3, -0.25) is 4.79 Å². The maximum Gasteiger partial charge on any atom is 0.219 e. The summed E-state index contributed by atoms with van der Waals surface area (Å²) in [6.07, 6.45) is 3.82. The lowest BCUT2D eigenvalue weighted by Gasteiger charge is -2.31. The maximum atomic E-state index is 12.9. The number of amides is 1. The van der Waals surface area contributed by atoms with Gasteiger partial charge in [-0.1, -0.05) is 29.8 Å². The average Bonchev–Trinajstić information content (AvgIpc) is 3.32. The van der Waals surface area contributed by atoms with E-state index in [9.17, 15) is 9.18 Å². The molecule has 0 saturated carbocycles. The summed E-state index contributed by atoms with van der Waals surface area (Å²) in [5.74, 6) is 0.178. The van der Waals surface area contributed by atoms with E-state index in [2.05, 4.69) is 24.4 Å². The number of carbonyl (C=O) groups excluding carboxylic acids is 1. The molecule has 1 amide bonds. The molecular formula is C27H37FN2O4. The first-order valence-electron chi connectivity index (χ1n) is 12.1. The van der Waals surface area contributed by atoms with Gasteiger partial charge in [0.25, 0.3) is 0 Å². The molecule has 34 heavy (non-hydrogen) atoms. The summed E-state index contributed by atoms with van der Waals surface area (Å²) in [5.41, 5.74) is 2.14. The van der Waals surface area contributed by atoms with Gasteiger partial charge in [0.15, 0.2) is 5.79 Å². The molecule has 0 radical (unpaired) electrons. The van der Waals surface area contributed by atoms with Crippen molar-refractivity contribution >= 4 is 5.91 Å². The molecule has 6 nitrogen and oxygen atoms in total. The standard InChI is InChI=1S/C14H19NO2.C13H18FNO2/c1-11-3-5-13(6-4-11)17-14-7-9-15(10-8-14)12(2)16;1-15-8-2-7-13(16-9-10-17-13)11-3-5-12(14)6-4-11/h3-6,14H,7-10H2,1-2H3;3-6,15H,2,7-10H2,1H3. The quantitative estimate of drug-likeness (QED) is 0.605. The van der Waals surface area contributed by atoms with Gasteiger partial charge in [0.05, 0.1) is 13.2 Å². The highest BCUT2D eigenvalue weighted by Gasteiger charge is 2.37. The number of ether oxygens (including phenoxy) is 3.